The summed E-state index contributed by atoms with van der Waals surface area (Å²) in [7, 11) is 0. The number of hydrogen-bond acceptors (Lipinski definition) is 4. The Morgan fingerprint density at radius 2 is 1.22 bits per heavy atom. The molecule has 2 aliphatic rings. The van der Waals surface area contributed by atoms with Gasteiger partial charge in [-0.1, -0.05) is 0 Å². The molecule has 0 saturated carbocycles. The van der Waals surface area contributed by atoms with Gasteiger partial charge >= 0.3 is 11.9 Å². The maximum absolute atomic E-state index is 10.1. The fourth-order valence-electron chi connectivity index (χ4n) is 1.54. The van der Waals surface area contributed by atoms with Crippen LogP contribution >= 0.6 is 0 Å². The number of carboxylic acids is 2. The van der Waals surface area contributed by atoms with Crippen molar-refractivity contribution < 1.29 is 46.3 Å². The summed E-state index contributed by atoms with van der Waals surface area (Å²) in [6, 6.07) is 0. The molecule has 0 aromatic rings. The van der Waals surface area contributed by atoms with Gasteiger partial charge in [0.25, 0.3) is 0 Å². The average Bonchev–Trinajstić information content (AvgIpc) is 2.93. The molecule has 0 aromatic carbocycles. The molecule has 2 fully saturated rings. The molecule has 0 spiro atoms. The van der Waals surface area contributed by atoms with E-state index < -0.39 is 24.1 Å². The van der Waals surface area contributed by atoms with Crippen LogP contribution in [-0.2, 0) is 36.1 Å². The maximum Gasteiger partial charge on any atom is 0.332 e. The molecule has 2 atom stereocenters. The van der Waals surface area contributed by atoms with E-state index in [9.17, 15) is 9.59 Å². The first-order chi connectivity index (χ1) is 7.61. The molecule has 0 amide bonds. The molecule has 6 nitrogen and oxygen atoms in total. The van der Waals surface area contributed by atoms with Crippen LogP contribution < -0.4 is 0 Å². The third-order valence-corrected chi connectivity index (χ3v) is 2.41. The van der Waals surface area contributed by atoms with E-state index in [2.05, 4.69) is 0 Å². The van der Waals surface area contributed by atoms with Gasteiger partial charge in [-0.2, -0.15) is 0 Å². The summed E-state index contributed by atoms with van der Waals surface area (Å²) >= 11 is 0. The monoisotopic (exact) mass is 298 g/mol. The van der Waals surface area contributed by atoms with E-state index in [1.165, 1.54) is 0 Å². The van der Waals surface area contributed by atoms with Gasteiger partial charge in [-0.25, -0.2) is 9.59 Å². The molecule has 0 bridgehead atoms. The predicted molar refractivity (Wildman–Crippen MR) is 59.0 cm³/mol. The van der Waals surface area contributed by atoms with Gasteiger partial charge in [0.2, 0.25) is 0 Å². The van der Waals surface area contributed by atoms with E-state index >= 15 is 0 Å². The smallest absolute Gasteiger partial charge is 0.332 e. The minimum Gasteiger partial charge on any atom is -1.00 e. The van der Waals surface area contributed by atoms with Crippen molar-refractivity contribution in [1.82, 2.24) is 0 Å². The van der Waals surface area contributed by atoms with Crippen molar-refractivity contribution >= 4 is 20.4 Å². The van der Waals surface area contributed by atoms with Crippen LogP contribution in [-0.4, -0.2) is 56.0 Å². The van der Waals surface area contributed by atoms with Gasteiger partial charge in [-0.3, -0.25) is 0 Å². The number of rotatable bonds is 2. The molecule has 2 unspecified atom stereocenters. The number of carboxylic acid groups (broad SMARTS) is 2. The molecule has 18 heavy (non-hydrogen) atoms. The zero-order valence-corrected chi connectivity index (χ0v) is 11.1. The molecular weight excluding hydrogens is 282 g/mol. The fourth-order valence-corrected chi connectivity index (χ4v) is 1.54. The number of hydrogen-bond donors (Lipinski definition) is 2. The summed E-state index contributed by atoms with van der Waals surface area (Å²) in [5.74, 6) is -1.66. The second-order valence-electron chi connectivity index (χ2n) is 3.68. The van der Waals surface area contributed by atoms with Crippen LogP contribution in [0.3, 0.4) is 0 Å². The minimum absolute atomic E-state index is 0. The Morgan fingerprint density at radius 1 is 0.889 bits per heavy atom. The Hall–Kier alpha value is -0.556. The quantitative estimate of drug-likeness (QED) is 0.703. The first kappa shape index (κ1) is 19.8. The molecule has 2 saturated heterocycles. The first-order valence-corrected chi connectivity index (χ1v) is 5.30. The van der Waals surface area contributed by atoms with Crippen molar-refractivity contribution in [3.8, 4) is 0 Å². The maximum atomic E-state index is 10.1. The van der Waals surface area contributed by atoms with Gasteiger partial charge in [-0.15, -0.1) is 0 Å². The summed E-state index contributed by atoms with van der Waals surface area (Å²) in [6.45, 7) is 1.22. The number of carbonyl (C=O) groups is 2. The van der Waals surface area contributed by atoms with Crippen molar-refractivity contribution in [1.29, 1.82) is 0 Å². The molecule has 2 heterocycles. The Kier molecular flexibility index (Phi) is 11.4. The van der Waals surface area contributed by atoms with Crippen LogP contribution in [0.2, 0.25) is 0 Å². The van der Waals surface area contributed by atoms with Crippen molar-refractivity contribution in [2.24, 2.45) is 0 Å². The largest absolute Gasteiger partial charge is 1.00 e. The molecular formula is C10H16BMnO6-. The van der Waals surface area contributed by atoms with Crippen molar-refractivity contribution in [2.75, 3.05) is 13.2 Å². The summed E-state index contributed by atoms with van der Waals surface area (Å²) in [4.78, 5) is 20.2. The van der Waals surface area contributed by atoms with Gasteiger partial charge in [0.15, 0.2) is 12.2 Å². The van der Waals surface area contributed by atoms with E-state index in [0.29, 0.717) is 26.1 Å². The summed E-state index contributed by atoms with van der Waals surface area (Å²) in [6.07, 6.45) is 2.09. The number of ether oxygens (including phenoxy) is 2. The Bertz CT molecular complexity index is 225. The topological polar surface area (TPSA) is 93.1 Å². The third kappa shape index (κ3) is 7.01. The van der Waals surface area contributed by atoms with E-state index in [1.807, 2.05) is 0 Å². The van der Waals surface area contributed by atoms with Crippen LogP contribution in [0.15, 0.2) is 0 Å². The molecule has 103 valence electrons. The second-order valence-corrected chi connectivity index (χ2v) is 3.68. The van der Waals surface area contributed by atoms with Crippen molar-refractivity contribution in [3.63, 3.8) is 0 Å². The van der Waals surface area contributed by atoms with Gasteiger partial charge in [0, 0.05) is 30.3 Å². The molecule has 2 rings (SSSR count). The van der Waals surface area contributed by atoms with Crippen LogP contribution in [0.25, 0.3) is 0 Å². The van der Waals surface area contributed by atoms with Gasteiger partial charge in [0.05, 0.1) is 0 Å². The van der Waals surface area contributed by atoms with E-state index in [-0.39, 0.29) is 25.5 Å². The Morgan fingerprint density at radius 3 is 1.33 bits per heavy atom. The second kappa shape index (κ2) is 10.4. The minimum atomic E-state index is -0.831. The molecule has 2 aliphatic heterocycles. The van der Waals surface area contributed by atoms with Crippen LogP contribution in [0.1, 0.15) is 25.7 Å². The molecule has 2 N–H and O–H groups in total. The average molecular weight is 298 g/mol. The van der Waals surface area contributed by atoms with Gasteiger partial charge in [0.1, 0.15) is 0 Å². The van der Waals surface area contributed by atoms with Crippen molar-refractivity contribution in [3.05, 3.63) is 0 Å². The predicted octanol–water partition coefficient (Wildman–Crippen LogP) is 0.117. The zero-order chi connectivity index (χ0) is 12.0. The van der Waals surface area contributed by atoms with E-state index in [0.717, 1.165) is 12.8 Å². The number of aliphatic carboxylic acids is 2. The summed E-state index contributed by atoms with van der Waals surface area (Å²) in [5.41, 5.74) is 0. The van der Waals surface area contributed by atoms with Gasteiger partial charge in [-0.05, 0) is 25.7 Å². The Labute approximate surface area is 118 Å². The summed E-state index contributed by atoms with van der Waals surface area (Å²) < 4.78 is 9.63. The first-order valence-electron chi connectivity index (χ1n) is 5.30. The van der Waals surface area contributed by atoms with Crippen LogP contribution in [0.4, 0.5) is 0 Å². The molecule has 5 radical (unpaired) electrons. The van der Waals surface area contributed by atoms with E-state index in [4.69, 9.17) is 19.7 Å². The van der Waals surface area contributed by atoms with Crippen molar-refractivity contribution in [2.45, 2.75) is 37.9 Å². The SMILES string of the molecule is O=C(O)C1CCCO1.O=C(O)C1CCCO1.[B-].[Mn]. The van der Waals surface area contributed by atoms with Gasteiger partial charge < -0.3 is 28.1 Å². The molecule has 0 aliphatic carbocycles. The fraction of sp³-hybridized carbons (Fsp3) is 0.800. The van der Waals surface area contributed by atoms with Crippen LogP contribution in [0.5, 0.6) is 0 Å². The third-order valence-electron chi connectivity index (χ3n) is 2.41. The standard InChI is InChI=1S/2C5H8O3.B.Mn/c2*6-5(7)4-2-1-3-8-4;;/h2*4H,1-3H2,(H,6,7);;/q;;-1;. The molecule has 0 aromatic heterocycles. The normalized spacial score (nSPS) is 25.1. The summed E-state index contributed by atoms with van der Waals surface area (Å²) in [5, 5.41) is 16.6. The van der Waals surface area contributed by atoms with Crippen LogP contribution in [0, 0.1) is 0 Å². The molecule has 8 heteroatoms. The Balaban J connectivity index is 0. The van der Waals surface area contributed by atoms with E-state index in [1.54, 1.807) is 0 Å². The zero-order valence-electron chi connectivity index (χ0n) is 9.88.